The largest absolute Gasteiger partial charge is 0.384 e. The van der Waals surface area contributed by atoms with Gasteiger partial charge in [0.2, 0.25) is 0 Å². The molecule has 1 aromatic carbocycles. The molecule has 1 aliphatic heterocycles. The molecule has 4 atom stereocenters. The Hall–Kier alpha value is -1.59. The number of amides is 1. The van der Waals surface area contributed by atoms with Crippen LogP contribution in [0.1, 0.15) is 16.8 Å². The highest BCUT2D eigenvalue weighted by Gasteiger charge is 2.54. The van der Waals surface area contributed by atoms with Crippen molar-refractivity contribution in [3.05, 3.63) is 29.8 Å². The minimum absolute atomic E-state index is 0.0123. The van der Waals surface area contributed by atoms with Gasteiger partial charge in [-0.3, -0.25) is 4.79 Å². The molecule has 0 radical (unpaired) electrons. The van der Waals surface area contributed by atoms with Crippen molar-refractivity contribution in [1.82, 2.24) is 5.32 Å². The zero-order valence-corrected chi connectivity index (χ0v) is 13.4. The minimum Gasteiger partial charge on any atom is -0.384 e. The Labute approximate surface area is 131 Å². The van der Waals surface area contributed by atoms with Crippen molar-refractivity contribution >= 4 is 11.6 Å². The van der Waals surface area contributed by atoms with Crippen LogP contribution in [0.4, 0.5) is 5.69 Å². The molecule has 1 saturated heterocycles. The van der Waals surface area contributed by atoms with E-state index in [1.165, 1.54) is 0 Å². The lowest BCUT2D eigenvalue weighted by Crippen LogP contribution is -2.62. The van der Waals surface area contributed by atoms with Crippen molar-refractivity contribution in [2.45, 2.75) is 18.6 Å². The normalized spacial score (nSPS) is 29.6. The first-order valence-corrected chi connectivity index (χ1v) is 7.80. The summed E-state index contributed by atoms with van der Waals surface area (Å²) in [4.78, 5) is 14.5. The first kappa shape index (κ1) is 15.3. The second-order valence-electron chi connectivity index (χ2n) is 6.35. The summed E-state index contributed by atoms with van der Waals surface area (Å²) in [5.74, 6) is 0.689. The zero-order valence-electron chi connectivity index (χ0n) is 13.4. The third kappa shape index (κ3) is 2.71. The maximum Gasteiger partial charge on any atom is 0.251 e. The van der Waals surface area contributed by atoms with Gasteiger partial charge in [0.1, 0.15) is 0 Å². The molecular formula is C17H24N2O3. The molecular weight excluding hydrogens is 280 g/mol. The average Bonchev–Trinajstić information content (AvgIpc) is 2.94. The molecule has 1 amide bonds. The van der Waals surface area contributed by atoms with Crippen molar-refractivity contribution in [3.8, 4) is 0 Å². The van der Waals surface area contributed by atoms with E-state index < -0.39 is 0 Å². The molecule has 2 fully saturated rings. The first-order valence-electron chi connectivity index (χ1n) is 7.80. The summed E-state index contributed by atoms with van der Waals surface area (Å²) in [6.45, 7) is 1.42. The molecule has 22 heavy (non-hydrogen) atoms. The molecule has 1 N–H and O–H groups in total. The minimum atomic E-state index is -0.0123. The monoisotopic (exact) mass is 304 g/mol. The van der Waals surface area contributed by atoms with Crippen LogP contribution in [0.3, 0.4) is 0 Å². The summed E-state index contributed by atoms with van der Waals surface area (Å²) in [6.07, 6.45) is 1.27. The van der Waals surface area contributed by atoms with E-state index in [9.17, 15) is 4.79 Å². The van der Waals surface area contributed by atoms with E-state index in [0.717, 1.165) is 18.7 Å². The summed E-state index contributed by atoms with van der Waals surface area (Å²) < 4.78 is 11.0. The summed E-state index contributed by atoms with van der Waals surface area (Å²) in [7, 11) is 5.67. The first-order chi connectivity index (χ1) is 10.6. The second-order valence-corrected chi connectivity index (χ2v) is 6.35. The van der Waals surface area contributed by atoms with E-state index in [1.54, 1.807) is 7.11 Å². The molecule has 5 nitrogen and oxygen atoms in total. The number of carbonyl (C=O) groups excluding carboxylic acids is 1. The molecule has 1 aromatic rings. The quantitative estimate of drug-likeness (QED) is 0.896. The fourth-order valence-corrected chi connectivity index (χ4v) is 3.58. The number of hydrogen-bond acceptors (Lipinski definition) is 4. The van der Waals surface area contributed by atoms with Crippen molar-refractivity contribution in [1.29, 1.82) is 0 Å². The van der Waals surface area contributed by atoms with Gasteiger partial charge in [0.05, 0.1) is 12.7 Å². The van der Waals surface area contributed by atoms with Gasteiger partial charge in [-0.2, -0.15) is 0 Å². The van der Waals surface area contributed by atoms with Crippen molar-refractivity contribution < 1.29 is 14.3 Å². The zero-order chi connectivity index (χ0) is 15.7. The van der Waals surface area contributed by atoms with Crippen LogP contribution in [-0.2, 0) is 9.47 Å². The summed E-state index contributed by atoms with van der Waals surface area (Å²) in [6, 6.07) is 7.83. The number of rotatable bonds is 5. The number of nitrogens with one attached hydrogen (secondary N) is 1. The smallest absolute Gasteiger partial charge is 0.251 e. The Kier molecular flexibility index (Phi) is 4.36. The number of ether oxygens (including phenoxy) is 2. The Bertz CT molecular complexity index is 529. The highest BCUT2D eigenvalue weighted by Crippen LogP contribution is 2.43. The van der Waals surface area contributed by atoms with Gasteiger partial charge in [-0.1, -0.05) is 0 Å². The Balaban J connectivity index is 1.65. The number of nitrogens with zero attached hydrogens (tertiary/aromatic N) is 1. The van der Waals surface area contributed by atoms with Crippen molar-refractivity contribution in [3.63, 3.8) is 0 Å². The molecule has 4 unspecified atom stereocenters. The lowest BCUT2D eigenvalue weighted by Gasteiger charge is -2.47. The summed E-state index contributed by atoms with van der Waals surface area (Å²) >= 11 is 0. The van der Waals surface area contributed by atoms with Gasteiger partial charge in [0.25, 0.3) is 5.91 Å². The topological polar surface area (TPSA) is 50.8 Å². The van der Waals surface area contributed by atoms with Gasteiger partial charge >= 0.3 is 0 Å². The SMILES string of the molecule is COCC1C(NC(=O)c2ccc(N(C)C)cc2)C2CCOC21. The molecule has 2 aliphatic rings. The molecule has 0 bridgehead atoms. The number of methoxy groups -OCH3 is 1. The predicted octanol–water partition coefficient (Wildman–Crippen LogP) is 1.53. The van der Waals surface area contributed by atoms with Crippen LogP contribution in [0, 0.1) is 11.8 Å². The Morgan fingerprint density at radius 2 is 2.09 bits per heavy atom. The third-order valence-electron chi connectivity index (χ3n) is 4.83. The van der Waals surface area contributed by atoms with E-state index >= 15 is 0 Å². The molecule has 120 valence electrons. The molecule has 0 spiro atoms. The van der Waals surface area contributed by atoms with Gasteiger partial charge < -0.3 is 19.7 Å². The van der Waals surface area contributed by atoms with Crippen molar-refractivity contribution in [2.75, 3.05) is 39.3 Å². The molecule has 5 heteroatoms. The number of anilines is 1. The molecule has 1 aliphatic carbocycles. The van der Waals surface area contributed by atoms with E-state index in [4.69, 9.17) is 9.47 Å². The summed E-state index contributed by atoms with van der Waals surface area (Å²) in [5, 5.41) is 3.18. The molecule has 1 heterocycles. The number of fused-ring (bicyclic) bond motifs is 1. The number of benzene rings is 1. The lowest BCUT2D eigenvalue weighted by atomic mass is 9.67. The molecule has 1 saturated carbocycles. The van der Waals surface area contributed by atoms with Gasteiger partial charge in [0, 0.05) is 56.9 Å². The van der Waals surface area contributed by atoms with E-state index in [-0.39, 0.29) is 24.0 Å². The highest BCUT2D eigenvalue weighted by molar-refractivity contribution is 5.94. The van der Waals surface area contributed by atoms with E-state index in [2.05, 4.69) is 5.32 Å². The third-order valence-corrected chi connectivity index (χ3v) is 4.83. The van der Waals surface area contributed by atoms with Gasteiger partial charge in [-0.15, -0.1) is 0 Å². The Morgan fingerprint density at radius 3 is 2.73 bits per heavy atom. The van der Waals surface area contributed by atoms with E-state index in [1.807, 2.05) is 43.3 Å². The predicted molar refractivity (Wildman–Crippen MR) is 85.2 cm³/mol. The fraction of sp³-hybridized carbons (Fsp3) is 0.588. The van der Waals surface area contributed by atoms with Gasteiger partial charge in [-0.25, -0.2) is 0 Å². The molecule has 3 rings (SSSR count). The van der Waals surface area contributed by atoms with Crippen LogP contribution >= 0.6 is 0 Å². The standard InChI is InChI=1S/C17H24N2O3/c1-19(2)12-6-4-11(5-7-12)17(20)18-15-13-8-9-22-16(13)14(15)10-21-3/h4-7,13-16H,8-10H2,1-3H3,(H,18,20). The number of hydrogen-bond donors (Lipinski definition) is 1. The lowest BCUT2D eigenvalue weighted by molar-refractivity contribution is -0.0809. The van der Waals surface area contributed by atoms with Crippen LogP contribution in [0.2, 0.25) is 0 Å². The Morgan fingerprint density at radius 1 is 1.36 bits per heavy atom. The average molecular weight is 304 g/mol. The van der Waals surface area contributed by atoms with Crippen LogP contribution in [0.15, 0.2) is 24.3 Å². The molecule has 0 aromatic heterocycles. The maximum absolute atomic E-state index is 12.5. The van der Waals surface area contributed by atoms with Crippen LogP contribution in [0.5, 0.6) is 0 Å². The number of carbonyl (C=O) groups is 1. The van der Waals surface area contributed by atoms with E-state index in [0.29, 0.717) is 18.1 Å². The second kappa shape index (κ2) is 6.26. The maximum atomic E-state index is 12.5. The van der Waals surface area contributed by atoms with Crippen molar-refractivity contribution in [2.24, 2.45) is 11.8 Å². The van der Waals surface area contributed by atoms with Crippen LogP contribution < -0.4 is 10.2 Å². The van der Waals surface area contributed by atoms with Gasteiger partial charge in [0.15, 0.2) is 0 Å². The fourth-order valence-electron chi connectivity index (χ4n) is 3.58. The van der Waals surface area contributed by atoms with Crippen LogP contribution in [0.25, 0.3) is 0 Å². The van der Waals surface area contributed by atoms with Gasteiger partial charge in [-0.05, 0) is 30.7 Å². The highest BCUT2D eigenvalue weighted by atomic mass is 16.5. The summed E-state index contributed by atoms with van der Waals surface area (Å²) in [5.41, 5.74) is 1.78. The van der Waals surface area contributed by atoms with Crippen LogP contribution in [-0.4, -0.2) is 52.5 Å².